The van der Waals surface area contributed by atoms with Gasteiger partial charge in [0.1, 0.15) is 5.56 Å². The van der Waals surface area contributed by atoms with Crippen LogP contribution >= 0.6 is 12.6 Å². The number of aromatic nitrogens is 1. The fourth-order valence-corrected chi connectivity index (χ4v) is 1.11. The molecule has 0 aliphatic heterocycles. The van der Waals surface area contributed by atoms with Gasteiger partial charge in [0.25, 0.3) is 0 Å². The molecule has 0 bridgehead atoms. The number of ether oxygens (including phenoxy) is 1. The van der Waals surface area contributed by atoms with Crippen LogP contribution in [0.25, 0.3) is 0 Å². The Kier molecular flexibility index (Phi) is 4.11. The standard InChI is InChI=1S/C11H14N2O3S/c1-11(2,17)10(15)13-8-4-5-12-6-7(8)9(14)16-3/h4-6,17H,1-3H3,(H,12,13,15). The summed E-state index contributed by atoms with van der Waals surface area (Å²) in [7, 11) is 1.27. The van der Waals surface area contributed by atoms with Crippen LogP contribution in [0, 0.1) is 0 Å². The zero-order valence-electron chi connectivity index (χ0n) is 9.85. The van der Waals surface area contributed by atoms with Crippen molar-refractivity contribution >= 4 is 30.2 Å². The van der Waals surface area contributed by atoms with E-state index in [0.717, 1.165) is 0 Å². The smallest absolute Gasteiger partial charge is 0.341 e. The number of amides is 1. The third kappa shape index (κ3) is 3.45. The summed E-state index contributed by atoms with van der Waals surface area (Å²) in [6.45, 7) is 3.31. The Morgan fingerprint density at radius 3 is 2.65 bits per heavy atom. The fraction of sp³-hybridized carbons (Fsp3) is 0.364. The summed E-state index contributed by atoms with van der Waals surface area (Å²) in [6, 6.07) is 1.53. The number of rotatable bonds is 3. The van der Waals surface area contributed by atoms with Crippen molar-refractivity contribution < 1.29 is 14.3 Å². The summed E-state index contributed by atoms with van der Waals surface area (Å²) < 4.78 is 3.76. The van der Waals surface area contributed by atoms with Crippen molar-refractivity contribution in [2.75, 3.05) is 12.4 Å². The molecular formula is C11H14N2O3S. The number of nitrogens with one attached hydrogen (secondary N) is 1. The van der Waals surface area contributed by atoms with Gasteiger partial charge in [0.05, 0.1) is 17.5 Å². The molecular weight excluding hydrogens is 240 g/mol. The summed E-state index contributed by atoms with van der Waals surface area (Å²) in [5.74, 6) is -0.859. The Bertz CT molecular complexity index is 441. The normalized spacial score (nSPS) is 10.8. The highest BCUT2D eigenvalue weighted by atomic mass is 32.1. The maximum Gasteiger partial charge on any atom is 0.341 e. The predicted molar refractivity (Wildman–Crippen MR) is 67.3 cm³/mol. The van der Waals surface area contributed by atoms with Gasteiger partial charge in [-0.1, -0.05) is 0 Å². The van der Waals surface area contributed by atoms with Crippen molar-refractivity contribution in [3.63, 3.8) is 0 Å². The minimum Gasteiger partial charge on any atom is -0.465 e. The first kappa shape index (κ1) is 13.5. The van der Waals surface area contributed by atoms with Gasteiger partial charge in [-0.3, -0.25) is 9.78 Å². The first-order valence-electron chi connectivity index (χ1n) is 4.92. The van der Waals surface area contributed by atoms with Gasteiger partial charge in [0, 0.05) is 12.4 Å². The zero-order valence-corrected chi connectivity index (χ0v) is 10.7. The van der Waals surface area contributed by atoms with Crippen LogP contribution in [0.3, 0.4) is 0 Å². The average Bonchev–Trinajstić information content (AvgIpc) is 2.27. The second-order valence-electron chi connectivity index (χ2n) is 3.93. The predicted octanol–water partition coefficient (Wildman–Crippen LogP) is 1.52. The van der Waals surface area contributed by atoms with E-state index >= 15 is 0 Å². The van der Waals surface area contributed by atoms with Gasteiger partial charge >= 0.3 is 5.97 Å². The van der Waals surface area contributed by atoms with E-state index in [0.29, 0.717) is 5.69 Å². The van der Waals surface area contributed by atoms with Crippen LogP contribution in [0.2, 0.25) is 0 Å². The van der Waals surface area contributed by atoms with Crippen LogP contribution in [0.4, 0.5) is 5.69 Å². The van der Waals surface area contributed by atoms with Crippen molar-refractivity contribution in [2.45, 2.75) is 18.6 Å². The Morgan fingerprint density at radius 2 is 2.12 bits per heavy atom. The Balaban J connectivity index is 2.99. The Morgan fingerprint density at radius 1 is 1.47 bits per heavy atom. The van der Waals surface area contributed by atoms with Crippen LogP contribution in [-0.2, 0) is 9.53 Å². The number of methoxy groups -OCH3 is 1. The van der Waals surface area contributed by atoms with Crippen molar-refractivity contribution in [3.05, 3.63) is 24.0 Å². The van der Waals surface area contributed by atoms with Gasteiger partial charge in [-0.15, -0.1) is 0 Å². The van der Waals surface area contributed by atoms with E-state index in [1.165, 1.54) is 25.6 Å². The van der Waals surface area contributed by atoms with E-state index in [1.54, 1.807) is 13.8 Å². The molecule has 1 amide bonds. The second-order valence-corrected chi connectivity index (χ2v) is 5.04. The van der Waals surface area contributed by atoms with E-state index in [-0.39, 0.29) is 11.5 Å². The molecule has 0 aliphatic rings. The van der Waals surface area contributed by atoms with E-state index < -0.39 is 10.7 Å². The molecule has 1 aromatic rings. The van der Waals surface area contributed by atoms with Crippen LogP contribution in [0.1, 0.15) is 24.2 Å². The summed E-state index contributed by atoms with van der Waals surface area (Å²) in [5.41, 5.74) is 0.569. The Labute approximate surface area is 105 Å². The maximum atomic E-state index is 11.7. The minimum atomic E-state index is -0.837. The number of hydrogen-bond donors (Lipinski definition) is 2. The molecule has 0 spiro atoms. The molecule has 1 aromatic heterocycles. The molecule has 0 atom stereocenters. The quantitative estimate of drug-likeness (QED) is 0.634. The van der Waals surface area contributed by atoms with E-state index in [2.05, 4.69) is 27.7 Å². The lowest BCUT2D eigenvalue weighted by atomic mass is 10.1. The second kappa shape index (κ2) is 5.18. The maximum absolute atomic E-state index is 11.7. The molecule has 92 valence electrons. The van der Waals surface area contributed by atoms with Gasteiger partial charge in [0.2, 0.25) is 5.91 Å². The minimum absolute atomic E-state index is 0.209. The molecule has 6 heteroatoms. The first-order chi connectivity index (χ1) is 7.86. The third-order valence-corrected chi connectivity index (χ3v) is 2.23. The van der Waals surface area contributed by atoms with Crippen molar-refractivity contribution in [1.29, 1.82) is 0 Å². The summed E-state index contributed by atoms with van der Waals surface area (Å²) in [4.78, 5) is 27.0. The number of carbonyl (C=O) groups excluding carboxylic acids is 2. The molecule has 0 aliphatic carbocycles. The van der Waals surface area contributed by atoms with Crippen LogP contribution in [-0.4, -0.2) is 28.7 Å². The van der Waals surface area contributed by atoms with Gasteiger partial charge in [-0.25, -0.2) is 4.79 Å². The Hall–Kier alpha value is -1.56. The van der Waals surface area contributed by atoms with Crippen LogP contribution in [0.5, 0.6) is 0 Å². The highest BCUT2D eigenvalue weighted by molar-refractivity contribution is 7.82. The van der Waals surface area contributed by atoms with Crippen LogP contribution in [0.15, 0.2) is 18.5 Å². The molecule has 17 heavy (non-hydrogen) atoms. The van der Waals surface area contributed by atoms with Gasteiger partial charge in [-0.05, 0) is 19.9 Å². The van der Waals surface area contributed by atoms with E-state index in [4.69, 9.17) is 0 Å². The van der Waals surface area contributed by atoms with Crippen molar-refractivity contribution in [1.82, 2.24) is 4.98 Å². The number of hydrogen-bond acceptors (Lipinski definition) is 5. The number of esters is 1. The lowest BCUT2D eigenvalue weighted by molar-refractivity contribution is -0.117. The molecule has 1 N–H and O–H groups in total. The van der Waals surface area contributed by atoms with Crippen molar-refractivity contribution in [2.24, 2.45) is 0 Å². The molecule has 0 saturated heterocycles. The van der Waals surface area contributed by atoms with E-state index in [9.17, 15) is 9.59 Å². The largest absolute Gasteiger partial charge is 0.465 e. The van der Waals surface area contributed by atoms with E-state index in [1.807, 2.05) is 0 Å². The summed E-state index contributed by atoms with van der Waals surface area (Å²) in [6.07, 6.45) is 2.82. The molecule has 5 nitrogen and oxygen atoms in total. The van der Waals surface area contributed by atoms with Gasteiger partial charge in [0.15, 0.2) is 0 Å². The number of carbonyl (C=O) groups is 2. The highest BCUT2D eigenvalue weighted by Gasteiger charge is 2.24. The zero-order chi connectivity index (χ0) is 13.1. The lowest BCUT2D eigenvalue weighted by Crippen LogP contribution is -2.32. The molecule has 1 rings (SSSR count). The summed E-state index contributed by atoms with van der Waals surface area (Å²) >= 11 is 4.14. The highest BCUT2D eigenvalue weighted by Crippen LogP contribution is 2.19. The molecule has 1 heterocycles. The number of anilines is 1. The summed E-state index contributed by atoms with van der Waals surface area (Å²) in [5, 5.41) is 2.61. The van der Waals surface area contributed by atoms with Gasteiger partial charge in [-0.2, -0.15) is 12.6 Å². The fourth-order valence-electron chi connectivity index (χ4n) is 1.05. The first-order valence-corrected chi connectivity index (χ1v) is 5.37. The number of pyridine rings is 1. The third-order valence-electron chi connectivity index (χ3n) is 2.03. The number of nitrogens with zero attached hydrogens (tertiary/aromatic N) is 1. The molecule has 0 unspecified atom stereocenters. The van der Waals surface area contributed by atoms with Crippen molar-refractivity contribution in [3.8, 4) is 0 Å². The molecule has 0 fully saturated rings. The average molecular weight is 254 g/mol. The monoisotopic (exact) mass is 254 g/mol. The van der Waals surface area contributed by atoms with Gasteiger partial charge < -0.3 is 10.1 Å². The molecule has 0 saturated carbocycles. The topological polar surface area (TPSA) is 68.3 Å². The number of thiol groups is 1. The molecule has 0 radical (unpaired) electrons. The lowest BCUT2D eigenvalue weighted by Gasteiger charge is -2.17. The molecule has 0 aromatic carbocycles. The van der Waals surface area contributed by atoms with Crippen LogP contribution < -0.4 is 5.32 Å². The SMILES string of the molecule is COC(=O)c1cnccc1NC(=O)C(C)(C)S.